The molecular weight excluding hydrogens is 302 g/mol. The lowest BCUT2D eigenvalue weighted by atomic mass is 9.96. The van der Waals surface area contributed by atoms with Crippen molar-refractivity contribution in [2.45, 2.75) is 77.9 Å². The van der Waals surface area contributed by atoms with Crippen molar-refractivity contribution in [3.8, 4) is 0 Å². The van der Waals surface area contributed by atoms with Gasteiger partial charge in [0.1, 0.15) is 5.60 Å². The predicted molar refractivity (Wildman–Crippen MR) is 98.0 cm³/mol. The van der Waals surface area contributed by atoms with E-state index in [1.165, 1.54) is 0 Å². The van der Waals surface area contributed by atoms with E-state index in [2.05, 4.69) is 5.32 Å². The molecule has 4 heteroatoms. The van der Waals surface area contributed by atoms with Crippen LogP contribution in [0.3, 0.4) is 0 Å². The van der Waals surface area contributed by atoms with Gasteiger partial charge in [-0.15, -0.1) is 0 Å². The molecule has 0 spiro atoms. The average Bonchev–Trinajstić information content (AvgIpc) is 2.62. The molecular formula is C20H33NO3. The Hall–Kier alpha value is -1.55. The zero-order valence-corrected chi connectivity index (χ0v) is 14.4. The number of amides is 1. The van der Waals surface area contributed by atoms with E-state index in [4.69, 9.17) is 17.1 Å². The summed E-state index contributed by atoms with van der Waals surface area (Å²) in [5.41, 5.74) is -0.0332. The molecule has 0 fully saturated rings. The summed E-state index contributed by atoms with van der Waals surface area (Å²) in [5.74, 6) is -3.40. The number of ether oxygens (including phenoxy) is 1. The lowest BCUT2D eigenvalue weighted by Crippen LogP contribution is -2.46. The summed E-state index contributed by atoms with van der Waals surface area (Å²) in [5, 5.41) is 13.3. The smallest absolute Gasteiger partial charge is 0.407 e. The van der Waals surface area contributed by atoms with Crippen molar-refractivity contribution < 1.29 is 27.0 Å². The zero-order valence-electron chi connectivity index (χ0n) is 23.4. The third kappa shape index (κ3) is 8.92. The quantitative estimate of drug-likeness (QED) is 0.739. The Labute approximate surface area is 159 Å². The second-order valence-electron chi connectivity index (χ2n) is 6.60. The van der Waals surface area contributed by atoms with Crippen LogP contribution in [-0.2, 0) is 11.2 Å². The molecule has 0 aliphatic carbocycles. The van der Waals surface area contributed by atoms with Gasteiger partial charge in [-0.05, 0) is 45.1 Å². The highest BCUT2D eigenvalue weighted by Gasteiger charge is 2.24. The Bertz CT molecular complexity index is 760. The monoisotopic (exact) mass is 344 g/mol. The first-order valence-electron chi connectivity index (χ1n) is 12.4. The molecule has 0 radical (unpaired) electrons. The van der Waals surface area contributed by atoms with Gasteiger partial charge in [-0.3, -0.25) is 0 Å². The largest absolute Gasteiger partial charge is 0.444 e. The molecule has 0 aromatic heterocycles. The fraction of sp³-hybridized carbons (Fsp3) is 0.650. The van der Waals surface area contributed by atoms with Gasteiger partial charge in [0, 0.05) is 12.3 Å². The molecule has 4 nitrogen and oxygen atoms in total. The first-order valence-corrected chi connectivity index (χ1v) is 7.93. The molecule has 1 aromatic rings. The highest BCUT2D eigenvalue weighted by atomic mass is 16.6. The van der Waals surface area contributed by atoms with Crippen molar-refractivity contribution in [3.05, 3.63) is 35.9 Å². The van der Waals surface area contributed by atoms with E-state index in [0.717, 1.165) is 5.56 Å². The van der Waals surface area contributed by atoms with Crippen LogP contribution in [0, 0.1) is 5.89 Å². The third-order valence-electron chi connectivity index (χ3n) is 3.21. The Morgan fingerprint density at radius 2 is 2.04 bits per heavy atom. The molecule has 0 bridgehead atoms. The molecule has 0 saturated carbocycles. The fourth-order valence-electron chi connectivity index (χ4n) is 2.16. The van der Waals surface area contributed by atoms with Crippen LogP contribution in [-0.4, -0.2) is 28.9 Å². The van der Waals surface area contributed by atoms with Gasteiger partial charge in [0.25, 0.3) is 0 Å². The lowest BCUT2D eigenvalue weighted by molar-refractivity contribution is 0.0410. The number of alkyl carbamates (subject to hydrolysis) is 1. The van der Waals surface area contributed by atoms with E-state index in [1.807, 2.05) is 0 Å². The van der Waals surface area contributed by atoms with Crippen molar-refractivity contribution in [2.75, 3.05) is 0 Å². The molecule has 0 heterocycles. The summed E-state index contributed by atoms with van der Waals surface area (Å²) in [6.45, 7) is -1.88. The van der Waals surface area contributed by atoms with Crippen molar-refractivity contribution in [3.63, 3.8) is 0 Å². The van der Waals surface area contributed by atoms with E-state index < -0.39 is 62.7 Å². The number of nitrogens with one attached hydrogen (secondary N) is 1. The summed E-state index contributed by atoms with van der Waals surface area (Å²) in [6.07, 6.45) is -6.12. The summed E-state index contributed by atoms with van der Waals surface area (Å²) in [7, 11) is 0. The Morgan fingerprint density at radius 1 is 1.38 bits per heavy atom. The minimum absolute atomic E-state index is 0.162. The van der Waals surface area contributed by atoms with Crippen LogP contribution in [0.2, 0.25) is 0 Å². The maximum absolute atomic E-state index is 12.3. The SMILES string of the molecule is [2H]C([2H])([2H])C([2H])(C([2H])([2H])[2H])C([2H])([2H])CC[C@@H](O)[C@H](Cc1ccccc1)NC(=O)OC(C)(C)C. The minimum atomic E-state index is -3.44. The molecule has 1 aromatic carbocycles. The normalized spacial score (nSPS) is 21.9. The van der Waals surface area contributed by atoms with E-state index in [0.29, 0.717) is 0 Å². The van der Waals surface area contributed by atoms with Crippen LogP contribution in [0.1, 0.15) is 71.6 Å². The Morgan fingerprint density at radius 3 is 2.62 bits per heavy atom. The van der Waals surface area contributed by atoms with Crippen molar-refractivity contribution in [2.24, 2.45) is 5.89 Å². The first kappa shape index (κ1) is 10.4. The van der Waals surface area contributed by atoms with E-state index in [1.54, 1.807) is 51.1 Å². The van der Waals surface area contributed by atoms with Crippen LogP contribution in [0.4, 0.5) is 4.79 Å². The van der Waals surface area contributed by atoms with Gasteiger partial charge < -0.3 is 15.2 Å². The van der Waals surface area contributed by atoms with Crippen molar-refractivity contribution >= 4 is 6.09 Å². The Kier molecular flexibility index (Phi) is 4.21. The van der Waals surface area contributed by atoms with Gasteiger partial charge in [0.2, 0.25) is 0 Å². The molecule has 2 N–H and O–H groups in total. The van der Waals surface area contributed by atoms with Gasteiger partial charge in [-0.2, -0.15) is 0 Å². The van der Waals surface area contributed by atoms with Gasteiger partial charge in [0.05, 0.1) is 12.1 Å². The minimum Gasteiger partial charge on any atom is -0.444 e. The molecule has 24 heavy (non-hydrogen) atoms. The molecule has 0 saturated heterocycles. The van der Waals surface area contributed by atoms with E-state index >= 15 is 0 Å². The van der Waals surface area contributed by atoms with Gasteiger partial charge in [-0.25, -0.2) is 4.79 Å². The number of carbonyl (C=O) groups excluding carboxylic acids is 1. The average molecular weight is 345 g/mol. The van der Waals surface area contributed by atoms with Crippen LogP contribution in [0.15, 0.2) is 30.3 Å². The van der Waals surface area contributed by atoms with Crippen LogP contribution in [0.25, 0.3) is 0 Å². The molecule has 0 aliphatic heterocycles. The lowest BCUT2D eigenvalue weighted by Gasteiger charge is -2.27. The molecule has 0 unspecified atom stereocenters. The maximum Gasteiger partial charge on any atom is 0.407 e. The molecule has 1 rings (SSSR count). The van der Waals surface area contributed by atoms with Crippen LogP contribution in [0.5, 0.6) is 0 Å². The molecule has 0 aliphatic rings. The number of hydrogen-bond acceptors (Lipinski definition) is 3. The molecule has 136 valence electrons. The molecule has 1 amide bonds. The van der Waals surface area contributed by atoms with E-state index in [-0.39, 0.29) is 6.42 Å². The highest BCUT2D eigenvalue weighted by Crippen LogP contribution is 2.15. The van der Waals surface area contributed by atoms with Gasteiger partial charge >= 0.3 is 6.09 Å². The number of hydrogen-bond donors (Lipinski definition) is 2. The van der Waals surface area contributed by atoms with Gasteiger partial charge in [-0.1, -0.05) is 56.8 Å². The van der Waals surface area contributed by atoms with Crippen LogP contribution < -0.4 is 5.32 Å². The standard InChI is InChI=1S/C20H33NO3/c1-15(2)10-9-13-18(22)17(14-16-11-7-6-8-12-16)21-19(23)24-20(3,4)5/h6-8,11-12,15,17-18,22H,9-10,13-14H2,1-5H3,(H,21,23)/t17-,18+/m0/s1/i1D3,2D3,10D2,15D. The summed E-state index contributed by atoms with van der Waals surface area (Å²) in [6, 6.07) is 7.95. The van der Waals surface area contributed by atoms with Crippen molar-refractivity contribution in [1.82, 2.24) is 5.32 Å². The summed E-state index contributed by atoms with van der Waals surface area (Å²) in [4.78, 5) is 12.3. The number of benzene rings is 1. The van der Waals surface area contributed by atoms with Gasteiger partial charge in [0.15, 0.2) is 0 Å². The Balaban J connectivity index is 3.10. The predicted octanol–water partition coefficient (Wildman–Crippen LogP) is 4.31. The summed E-state index contributed by atoms with van der Waals surface area (Å²) < 4.78 is 74.6. The van der Waals surface area contributed by atoms with E-state index in [9.17, 15) is 9.90 Å². The number of aliphatic hydroxyl groups excluding tert-OH is 1. The second-order valence-corrected chi connectivity index (χ2v) is 6.60. The van der Waals surface area contributed by atoms with Crippen molar-refractivity contribution in [1.29, 1.82) is 0 Å². The summed E-state index contributed by atoms with van der Waals surface area (Å²) >= 11 is 0. The number of rotatable bonds is 8. The third-order valence-corrected chi connectivity index (χ3v) is 3.21. The number of carbonyl (C=O) groups is 1. The maximum atomic E-state index is 12.3. The highest BCUT2D eigenvalue weighted by molar-refractivity contribution is 5.68. The molecule has 2 atom stereocenters. The fourth-order valence-corrected chi connectivity index (χ4v) is 2.16. The second kappa shape index (κ2) is 9.67. The van der Waals surface area contributed by atoms with Crippen LogP contribution >= 0.6 is 0 Å². The number of aliphatic hydroxyl groups is 1. The zero-order chi connectivity index (χ0) is 25.9. The first-order chi connectivity index (χ1) is 14.7. The topological polar surface area (TPSA) is 58.6 Å².